The maximum Gasteiger partial charge on any atom is 0.122 e. The molecule has 1 N–H and O–H groups in total. The van der Waals surface area contributed by atoms with Crippen molar-refractivity contribution >= 4 is 0 Å². The highest BCUT2D eigenvalue weighted by molar-refractivity contribution is 5.82. The van der Waals surface area contributed by atoms with E-state index >= 15 is 0 Å². The van der Waals surface area contributed by atoms with E-state index in [1.807, 2.05) is 37.5 Å². The molecule has 0 saturated heterocycles. The van der Waals surface area contributed by atoms with Crippen LogP contribution in [-0.2, 0) is 6.42 Å². The molecule has 0 fully saturated rings. The van der Waals surface area contributed by atoms with Gasteiger partial charge < -0.3 is 4.74 Å². The molecule has 0 aliphatic carbocycles. The first kappa shape index (κ1) is 12.1. The summed E-state index contributed by atoms with van der Waals surface area (Å²) >= 11 is 0. The molecule has 2 aromatic heterocycles. The number of aromatic nitrogens is 3. The Bertz CT molecular complexity index is 793. The number of nitrogens with zero attached hydrogens (tertiary/aromatic N) is 2. The SMILES string of the molecule is Cc1[nH]nc(-c2ccc3c(c2)CCO3)c1-c1ccncc1. The Kier molecular flexibility index (Phi) is 2.74. The Morgan fingerprint density at radius 3 is 2.81 bits per heavy atom. The third kappa shape index (κ3) is 2.00. The van der Waals surface area contributed by atoms with Gasteiger partial charge in [-0.3, -0.25) is 10.1 Å². The standard InChI is InChI=1S/C17H15N3O/c1-11-16(12-4-7-18-8-5-12)17(20-19-11)14-2-3-15-13(10-14)6-9-21-15/h2-5,7-8,10H,6,9H2,1H3,(H,19,20). The van der Waals surface area contributed by atoms with Crippen molar-refractivity contribution in [1.29, 1.82) is 0 Å². The number of hydrogen-bond donors (Lipinski definition) is 1. The van der Waals surface area contributed by atoms with Gasteiger partial charge in [-0.2, -0.15) is 5.10 Å². The molecule has 0 spiro atoms. The van der Waals surface area contributed by atoms with Gasteiger partial charge in [0.05, 0.1) is 6.61 Å². The minimum absolute atomic E-state index is 0.773. The Morgan fingerprint density at radius 2 is 1.95 bits per heavy atom. The molecule has 1 aromatic carbocycles. The van der Waals surface area contributed by atoms with Crippen molar-refractivity contribution in [2.45, 2.75) is 13.3 Å². The summed E-state index contributed by atoms with van der Waals surface area (Å²) in [5, 5.41) is 7.60. The molecule has 1 aliphatic heterocycles. The summed E-state index contributed by atoms with van der Waals surface area (Å²) in [6.07, 6.45) is 4.58. The molecular weight excluding hydrogens is 262 g/mol. The van der Waals surface area contributed by atoms with Gasteiger partial charge >= 0.3 is 0 Å². The zero-order chi connectivity index (χ0) is 14.2. The number of rotatable bonds is 2. The maximum absolute atomic E-state index is 5.57. The van der Waals surface area contributed by atoms with Crippen LogP contribution < -0.4 is 4.74 Å². The molecule has 4 heteroatoms. The van der Waals surface area contributed by atoms with E-state index < -0.39 is 0 Å². The summed E-state index contributed by atoms with van der Waals surface area (Å²) in [5.41, 5.74) is 6.69. The lowest BCUT2D eigenvalue weighted by Crippen LogP contribution is -1.86. The smallest absolute Gasteiger partial charge is 0.122 e. The van der Waals surface area contributed by atoms with Gasteiger partial charge in [-0.25, -0.2) is 0 Å². The second kappa shape index (κ2) is 4.74. The molecule has 4 nitrogen and oxygen atoms in total. The van der Waals surface area contributed by atoms with E-state index in [4.69, 9.17) is 4.74 Å². The number of nitrogens with one attached hydrogen (secondary N) is 1. The molecule has 3 heterocycles. The van der Waals surface area contributed by atoms with Crippen molar-refractivity contribution in [2.75, 3.05) is 6.61 Å². The Morgan fingerprint density at radius 1 is 1.10 bits per heavy atom. The largest absolute Gasteiger partial charge is 0.493 e. The van der Waals surface area contributed by atoms with Crippen LogP contribution in [0.2, 0.25) is 0 Å². The predicted octanol–water partition coefficient (Wildman–Crippen LogP) is 3.38. The second-order valence-corrected chi connectivity index (χ2v) is 5.23. The molecule has 0 saturated carbocycles. The van der Waals surface area contributed by atoms with E-state index in [1.54, 1.807) is 0 Å². The molecule has 3 aromatic rings. The van der Waals surface area contributed by atoms with Crippen LogP contribution >= 0.6 is 0 Å². The normalized spacial score (nSPS) is 13.0. The molecule has 104 valence electrons. The van der Waals surface area contributed by atoms with Crippen molar-refractivity contribution in [3.05, 3.63) is 54.0 Å². The van der Waals surface area contributed by atoms with Crippen LogP contribution in [0.4, 0.5) is 0 Å². The summed E-state index contributed by atoms with van der Waals surface area (Å²) in [6.45, 7) is 2.82. The van der Waals surface area contributed by atoms with Crippen LogP contribution in [0.25, 0.3) is 22.4 Å². The van der Waals surface area contributed by atoms with Gasteiger partial charge in [-0.15, -0.1) is 0 Å². The Labute approximate surface area is 122 Å². The maximum atomic E-state index is 5.57. The van der Waals surface area contributed by atoms with Gasteiger partial charge in [0, 0.05) is 35.6 Å². The summed E-state index contributed by atoms with van der Waals surface area (Å²) in [7, 11) is 0. The Hall–Kier alpha value is -2.62. The minimum Gasteiger partial charge on any atom is -0.493 e. The van der Waals surface area contributed by atoms with Crippen LogP contribution in [0.15, 0.2) is 42.7 Å². The number of benzene rings is 1. The van der Waals surface area contributed by atoms with Crippen LogP contribution in [0.5, 0.6) is 5.75 Å². The van der Waals surface area contributed by atoms with Crippen molar-refractivity contribution in [3.8, 4) is 28.1 Å². The van der Waals surface area contributed by atoms with Crippen molar-refractivity contribution in [3.63, 3.8) is 0 Å². The molecule has 0 radical (unpaired) electrons. The summed E-state index contributed by atoms with van der Waals surface area (Å²) in [6, 6.07) is 10.3. The van der Waals surface area contributed by atoms with Crippen LogP contribution in [-0.4, -0.2) is 21.8 Å². The van der Waals surface area contributed by atoms with E-state index in [1.165, 1.54) is 5.56 Å². The fraction of sp³-hybridized carbons (Fsp3) is 0.176. The number of aryl methyl sites for hydroxylation is 1. The third-order valence-electron chi connectivity index (χ3n) is 3.88. The first-order valence-electron chi connectivity index (χ1n) is 7.04. The fourth-order valence-electron chi connectivity index (χ4n) is 2.84. The van der Waals surface area contributed by atoms with E-state index in [2.05, 4.69) is 27.3 Å². The number of aromatic amines is 1. The Balaban J connectivity index is 1.87. The minimum atomic E-state index is 0.773. The fourth-order valence-corrected chi connectivity index (χ4v) is 2.84. The molecule has 0 amide bonds. The summed E-state index contributed by atoms with van der Waals surface area (Å²) in [5.74, 6) is 0.997. The van der Waals surface area contributed by atoms with Gasteiger partial charge in [0.1, 0.15) is 11.4 Å². The number of pyridine rings is 1. The zero-order valence-electron chi connectivity index (χ0n) is 11.8. The number of H-pyrrole nitrogens is 1. The van der Waals surface area contributed by atoms with E-state index in [0.717, 1.165) is 46.9 Å². The summed E-state index contributed by atoms with van der Waals surface area (Å²) < 4.78 is 5.57. The lowest BCUT2D eigenvalue weighted by Gasteiger charge is -2.06. The number of hydrogen-bond acceptors (Lipinski definition) is 3. The van der Waals surface area contributed by atoms with E-state index in [-0.39, 0.29) is 0 Å². The van der Waals surface area contributed by atoms with Crippen molar-refractivity contribution < 1.29 is 4.74 Å². The quantitative estimate of drug-likeness (QED) is 0.781. The molecule has 0 unspecified atom stereocenters. The monoisotopic (exact) mass is 277 g/mol. The van der Waals surface area contributed by atoms with Gasteiger partial charge in [0.2, 0.25) is 0 Å². The van der Waals surface area contributed by atoms with E-state index in [9.17, 15) is 0 Å². The predicted molar refractivity (Wildman–Crippen MR) is 81.2 cm³/mol. The molecular formula is C17H15N3O. The summed E-state index contributed by atoms with van der Waals surface area (Å²) in [4.78, 5) is 4.09. The third-order valence-corrected chi connectivity index (χ3v) is 3.88. The molecule has 21 heavy (non-hydrogen) atoms. The van der Waals surface area contributed by atoms with Gasteiger partial charge in [-0.05, 0) is 48.4 Å². The number of ether oxygens (including phenoxy) is 1. The van der Waals surface area contributed by atoms with Gasteiger partial charge in [0.25, 0.3) is 0 Å². The lowest BCUT2D eigenvalue weighted by atomic mass is 9.98. The first-order chi connectivity index (χ1) is 10.3. The van der Waals surface area contributed by atoms with Gasteiger partial charge in [0.15, 0.2) is 0 Å². The highest BCUT2D eigenvalue weighted by Gasteiger charge is 2.17. The molecule has 0 atom stereocenters. The van der Waals surface area contributed by atoms with E-state index in [0.29, 0.717) is 0 Å². The average Bonchev–Trinajstić information content (AvgIpc) is 3.13. The van der Waals surface area contributed by atoms with Crippen molar-refractivity contribution in [1.82, 2.24) is 15.2 Å². The highest BCUT2D eigenvalue weighted by atomic mass is 16.5. The highest BCUT2D eigenvalue weighted by Crippen LogP contribution is 2.35. The van der Waals surface area contributed by atoms with Crippen LogP contribution in [0.1, 0.15) is 11.3 Å². The molecule has 0 bridgehead atoms. The van der Waals surface area contributed by atoms with Crippen LogP contribution in [0.3, 0.4) is 0 Å². The van der Waals surface area contributed by atoms with Gasteiger partial charge in [-0.1, -0.05) is 0 Å². The average molecular weight is 277 g/mol. The van der Waals surface area contributed by atoms with Crippen LogP contribution in [0, 0.1) is 6.92 Å². The van der Waals surface area contributed by atoms with Crippen molar-refractivity contribution in [2.24, 2.45) is 0 Å². The lowest BCUT2D eigenvalue weighted by molar-refractivity contribution is 0.357. The second-order valence-electron chi connectivity index (χ2n) is 5.23. The first-order valence-corrected chi connectivity index (χ1v) is 7.04. The molecule has 4 rings (SSSR count). The molecule has 1 aliphatic rings. The zero-order valence-corrected chi connectivity index (χ0v) is 11.8. The topological polar surface area (TPSA) is 50.8 Å². The number of fused-ring (bicyclic) bond motifs is 1.